The van der Waals surface area contributed by atoms with Crippen molar-refractivity contribution in [2.75, 3.05) is 41.6 Å². The van der Waals surface area contributed by atoms with Crippen molar-refractivity contribution < 1.29 is 0 Å². The number of hydrogen-bond donors (Lipinski definition) is 0. The SMILES string of the molecule is CC[N]1[Ge][N](CCCC[N]2[Ge][N](CC)c3ccccc32)c2ccccc21. The number of benzene rings is 2. The van der Waals surface area contributed by atoms with Crippen molar-refractivity contribution in [3.63, 3.8) is 0 Å². The van der Waals surface area contributed by atoms with E-state index in [9.17, 15) is 0 Å². The number of rotatable bonds is 7. The number of unbranched alkanes of at least 4 members (excludes halogenated alkanes) is 1. The molecular weight excluding hydrogens is 441 g/mol. The summed E-state index contributed by atoms with van der Waals surface area (Å²) < 4.78 is 10.5. The summed E-state index contributed by atoms with van der Waals surface area (Å²) in [5.41, 5.74) is 5.83. The summed E-state index contributed by atoms with van der Waals surface area (Å²) in [6, 6.07) is 17.9. The van der Waals surface area contributed by atoms with Gasteiger partial charge in [-0.3, -0.25) is 0 Å². The van der Waals surface area contributed by atoms with Crippen LogP contribution in [0.4, 0.5) is 22.7 Å². The van der Waals surface area contributed by atoms with E-state index < -0.39 is 0 Å². The predicted molar refractivity (Wildman–Crippen MR) is 114 cm³/mol. The minimum absolute atomic E-state index is 0.197. The molecule has 0 bridgehead atoms. The second-order valence-corrected chi connectivity index (χ2v) is 12.0. The molecule has 0 N–H and O–H groups in total. The molecule has 0 spiro atoms. The Balaban J connectivity index is 1.32. The fraction of sp³-hybridized carbons (Fsp3) is 0.400. The van der Waals surface area contributed by atoms with Gasteiger partial charge in [0.1, 0.15) is 0 Å². The number of hydrogen-bond acceptors (Lipinski definition) is 4. The van der Waals surface area contributed by atoms with Gasteiger partial charge in [0, 0.05) is 0 Å². The molecule has 0 saturated carbocycles. The van der Waals surface area contributed by atoms with Crippen molar-refractivity contribution in [3.8, 4) is 0 Å². The minimum atomic E-state index is -0.197. The molecule has 0 saturated heterocycles. The normalized spacial score (nSPS) is 15.6. The molecule has 4 radical (unpaired) electrons. The van der Waals surface area contributed by atoms with Gasteiger partial charge in [0.05, 0.1) is 0 Å². The van der Waals surface area contributed by atoms with Crippen LogP contribution in [0.2, 0.25) is 0 Å². The van der Waals surface area contributed by atoms with Crippen LogP contribution in [0.3, 0.4) is 0 Å². The first-order chi connectivity index (χ1) is 12.8. The Hall–Kier alpha value is -1.27. The molecule has 2 aliphatic heterocycles. The Morgan fingerprint density at radius 1 is 0.577 bits per heavy atom. The van der Waals surface area contributed by atoms with Crippen LogP contribution in [0.15, 0.2) is 48.5 Å². The molecule has 2 heterocycles. The molecule has 2 aromatic carbocycles. The quantitative estimate of drug-likeness (QED) is 0.456. The maximum atomic E-state index is 2.67. The molecule has 0 atom stereocenters. The van der Waals surface area contributed by atoms with Gasteiger partial charge >= 0.3 is 171 Å². The van der Waals surface area contributed by atoms with Gasteiger partial charge in [-0.2, -0.15) is 0 Å². The summed E-state index contributed by atoms with van der Waals surface area (Å²) in [5, 5.41) is 0. The van der Waals surface area contributed by atoms with Crippen molar-refractivity contribution in [1.29, 1.82) is 0 Å². The topological polar surface area (TPSA) is 13.0 Å². The van der Waals surface area contributed by atoms with Gasteiger partial charge in [0.15, 0.2) is 0 Å². The van der Waals surface area contributed by atoms with Gasteiger partial charge in [-0.25, -0.2) is 0 Å². The summed E-state index contributed by atoms with van der Waals surface area (Å²) in [6.45, 7) is 9.24. The molecule has 134 valence electrons. The third-order valence-corrected chi connectivity index (χ3v) is 11.4. The van der Waals surface area contributed by atoms with Crippen LogP contribution in [0.1, 0.15) is 26.7 Å². The molecule has 6 heteroatoms. The van der Waals surface area contributed by atoms with Gasteiger partial charge in [0.2, 0.25) is 0 Å². The van der Waals surface area contributed by atoms with E-state index >= 15 is 0 Å². The van der Waals surface area contributed by atoms with Gasteiger partial charge in [-0.1, -0.05) is 0 Å². The Kier molecular flexibility index (Phi) is 5.69. The third-order valence-electron chi connectivity index (χ3n) is 5.06. The van der Waals surface area contributed by atoms with E-state index in [0.717, 1.165) is 13.1 Å². The van der Waals surface area contributed by atoms with Crippen molar-refractivity contribution in [2.45, 2.75) is 26.7 Å². The Labute approximate surface area is 171 Å². The van der Waals surface area contributed by atoms with Crippen LogP contribution in [0.25, 0.3) is 0 Å². The number of fused-ring (bicyclic) bond motifs is 2. The summed E-state index contributed by atoms with van der Waals surface area (Å²) in [4.78, 5) is 0. The zero-order chi connectivity index (χ0) is 17.9. The van der Waals surface area contributed by atoms with E-state index in [4.69, 9.17) is 0 Å². The van der Waals surface area contributed by atoms with Gasteiger partial charge in [-0.05, 0) is 0 Å². The first-order valence-corrected chi connectivity index (χ1v) is 13.4. The molecule has 0 aromatic heterocycles. The molecule has 0 fully saturated rings. The maximum absolute atomic E-state index is 2.67. The molecule has 4 rings (SSSR count). The zero-order valence-corrected chi connectivity index (χ0v) is 19.8. The summed E-state index contributed by atoms with van der Waals surface area (Å²) in [7, 11) is 0. The molecule has 2 aromatic rings. The first kappa shape index (κ1) is 18.1. The standard InChI is InChI=1S/C20H26Ge2N4/c1-3-23-17-11-5-7-13-19(17)25(21-23)15-9-10-16-26-20-14-8-6-12-18(20)24(4-2)22-26/h5-8,11-14H,3-4,9-10,15-16H2,1-2H3. The van der Waals surface area contributed by atoms with Gasteiger partial charge in [0.25, 0.3) is 0 Å². The fourth-order valence-electron chi connectivity index (χ4n) is 3.71. The van der Waals surface area contributed by atoms with E-state index in [0.29, 0.717) is 0 Å². The number of para-hydroxylation sites is 4. The van der Waals surface area contributed by atoms with Gasteiger partial charge < -0.3 is 0 Å². The zero-order valence-electron chi connectivity index (χ0n) is 15.7. The fourth-order valence-corrected chi connectivity index (χ4v) is 9.10. The van der Waals surface area contributed by atoms with Crippen LogP contribution in [-0.2, 0) is 0 Å². The molecular formula is C20H26Ge2N4. The van der Waals surface area contributed by atoms with E-state index in [1.807, 2.05) is 0 Å². The number of nitrogens with zero attached hydrogens (tertiary/aromatic N) is 4. The second-order valence-electron chi connectivity index (χ2n) is 6.68. The molecule has 4 nitrogen and oxygen atoms in total. The molecule has 26 heavy (non-hydrogen) atoms. The molecule has 0 amide bonds. The average Bonchev–Trinajstić information content (AvgIpc) is 3.23. The average molecular weight is 468 g/mol. The van der Waals surface area contributed by atoms with Crippen molar-refractivity contribution in [2.24, 2.45) is 0 Å². The monoisotopic (exact) mass is 470 g/mol. The van der Waals surface area contributed by atoms with Crippen LogP contribution in [0.5, 0.6) is 0 Å². The van der Waals surface area contributed by atoms with E-state index in [2.05, 4.69) is 77.8 Å². The van der Waals surface area contributed by atoms with E-state index in [1.54, 1.807) is 0 Å². The number of anilines is 4. The predicted octanol–water partition coefficient (Wildman–Crippen LogP) is 3.53. The van der Waals surface area contributed by atoms with E-state index in [-0.39, 0.29) is 31.8 Å². The van der Waals surface area contributed by atoms with Crippen LogP contribution < -0.4 is 15.4 Å². The van der Waals surface area contributed by atoms with Crippen LogP contribution in [-0.4, -0.2) is 57.9 Å². The molecule has 0 unspecified atom stereocenters. The first-order valence-electron chi connectivity index (χ1n) is 9.62. The third kappa shape index (κ3) is 3.45. The van der Waals surface area contributed by atoms with Crippen LogP contribution in [0, 0.1) is 0 Å². The van der Waals surface area contributed by atoms with Crippen LogP contribution >= 0.6 is 0 Å². The van der Waals surface area contributed by atoms with Crippen molar-refractivity contribution >= 4 is 54.5 Å². The second kappa shape index (κ2) is 8.17. The van der Waals surface area contributed by atoms with Crippen molar-refractivity contribution in [1.82, 2.24) is 0 Å². The van der Waals surface area contributed by atoms with Crippen molar-refractivity contribution in [3.05, 3.63) is 48.5 Å². The molecule has 0 aliphatic carbocycles. The molecule has 2 aliphatic rings. The summed E-state index contributed by atoms with van der Waals surface area (Å²) in [5.74, 6) is 0. The van der Waals surface area contributed by atoms with Gasteiger partial charge in [-0.15, -0.1) is 0 Å². The Bertz CT molecular complexity index is 691. The summed E-state index contributed by atoms with van der Waals surface area (Å²) >= 11 is -0.394. The van der Waals surface area contributed by atoms with E-state index in [1.165, 1.54) is 48.7 Å². The Morgan fingerprint density at radius 3 is 1.27 bits per heavy atom. The Morgan fingerprint density at radius 2 is 0.923 bits per heavy atom. The summed E-state index contributed by atoms with van der Waals surface area (Å²) in [6.07, 6.45) is 2.57.